The molecule has 0 amide bonds. The minimum atomic E-state index is -0.823. The predicted molar refractivity (Wildman–Crippen MR) is 72.9 cm³/mol. The molecule has 2 atom stereocenters. The molecule has 5 nitrogen and oxygen atoms in total. The van der Waals surface area contributed by atoms with Gasteiger partial charge in [-0.2, -0.15) is 0 Å². The molecule has 1 aliphatic rings. The van der Waals surface area contributed by atoms with E-state index in [9.17, 15) is 9.00 Å². The number of thiazole rings is 1. The molecule has 0 aromatic carbocycles. The summed E-state index contributed by atoms with van der Waals surface area (Å²) in [5.74, 6) is -0.671. The van der Waals surface area contributed by atoms with E-state index in [2.05, 4.69) is 10.3 Å². The number of aryl methyl sites for hydroxylation is 1. The van der Waals surface area contributed by atoms with Crippen LogP contribution in [0.3, 0.4) is 0 Å². The summed E-state index contributed by atoms with van der Waals surface area (Å²) in [5, 5.41) is 13.0. The van der Waals surface area contributed by atoms with Gasteiger partial charge in [0, 0.05) is 34.2 Å². The summed E-state index contributed by atoms with van der Waals surface area (Å²) >= 11 is 1.52. The van der Waals surface area contributed by atoms with Crippen molar-refractivity contribution in [2.75, 3.05) is 23.9 Å². The quantitative estimate of drug-likeness (QED) is 0.857. The maximum atomic E-state index is 11.1. The summed E-state index contributed by atoms with van der Waals surface area (Å²) in [4.78, 5) is 16.6. The monoisotopic (exact) mass is 288 g/mol. The fraction of sp³-hybridized carbons (Fsp3) is 0.636. The number of carboxylic acid groups (broad SMARTS) is 1. The Balaban J connectivity index is 2.07. The number of nitrogens with zero attached hydrogens (tertiary/aromatic N) is 1. The van der Waals surface area contributed by atoms with Crippen LogP contribution in [0.2, 0.25) is 0 Å². The van der Waals surface area contributed by atoms with E-state index in [0.29, 0.717) is 18.7 Å². The van der Waals surface area contributed by atoms with Gasteiger partial charge in [0.25, 0.3) is 0 Å². The first-order valence-electron chi connectivity index (χ1n) is 5.84. The second kappa shape index (κ2) is 5.79. The first kappa shape index (κ1) is 13.5. The van der Waals surface area contributed by atoms with Gasteiger partial charge in [-0.1, -0.05) is 0 Å². The normalized spacial score (nSPS) is 20.2. The van der Waals surface area contributed by atoms with Crippen molar-refractivity contribution in [2.24, 2.45) is 0 Å². The van der Waals surface area contributed by atoms with Gasteiger partial charge in [0.15, 0.2) is 5.13 Å². The molecule has 0 saturated carbocycles. The summed E-state index contributed by atoms with van der Waals surface area (Å²) in [6, 6.07) is 0. The summed E-state index contributed by atoms with van der Waals surface area (Å²) < 4.78 is 10.9. The molecule has 1 aromatic rings. The van der Waals surface area contributed by atoms with Crippen molar-refractivity contribution < 1.29 is 14.1 Å². The van der Waals surface area contributed by atoms with Crippen molar-refractivity contribution >= 4 is 33.2 Å². The lowest BCUT2D eigenvalue weighted by Gasteiger charge is -2.16. The van der Waals surface area contributed by atoms with Gasteiger partial charge in [-0.05, 0) is 19.3 Å². The number of anilines is 1. The van der Waals surface area contributed by atoms with Crippen LogP contribution < -0.4 is 5.32 Å². The molecule has 0 saturated heterocycles. The lowest BCUT2D eigenvalue weighted by molar-refractivity contribution is -0.139. The molecule has 1 heterocycles. The van der Waals surface area contributed by atoms with Crippen LogP contribution in [-0.4, -0.2) is 38.8 Å². The summed E-state index contributed by atoms with van der Waals surface area (Å²) in [6.07, 6.45) is 4.16. The van der Waals surface area contributed by atoms with E-state index in [4.69, 9.17) is 5.11 Å². The zero-order valence-electron chi connectivity index (χ0n) is 10.1. The van der Waals surface area contributed by atoms with E-state index >= 15 is 0 Å². The summed E-state index contributed by atoms with van der Waals surface area (Å²) in [5.41, 5.74) is 0.721. The molecule has 7 heteroatoms. The maximum Gasteiger partial charge on any atom is 0.312 e. The number of carbonyl (C=O) groups is 1. The molecule has 0 aliphatic heterocycles. The van der Waals surface area contributed by atoms with Crippen LogP contribution in [0, 0.1) is 0 Å². The highest BCUT2D eigenvalue weighted by atomic mass is 32.2. The zero-order chi connectivity index (χ0) is 13.1. The molecule has 0 fully saturated rings. The van der Waals surface area contributed by atoms with Crippen molar-refractivity contribution in [1.82, 2.24) is 4.98 Å². The van der Waals surface area contributed by atoms with Gasteiger partial charge in [-0.25, -0.2) is 4.98 Å². The van der Waals surface area contributed by atoms with Crippen LogP contribution in [0.15, 0.2) is 0 Å². The first-order valence-corrected chi connectivity index (χ1v) is 8.38. The Labute approximate surface area is 112 Å². The molecule has 100 valence electrons. The average molecular weight is 288 g/mol. The third kappa shape index (κ3) is 3.08. The van der Waals surface area contributed by atoms with Gasteiger partial charge in [0.05, 0.1) is 5.69 Å². The topological polar surface area (TPSA) is 79.3 Å². The van der Waals surface area contributed by atoms with E-state index in [1.54, 1.807) is 6.26 Å². The van der Waals surface area contributed by atoms with E-state index in [1.165, 1.54) is 11.3 Å². The lowest BCUT2D eigenvalue weighted by atomic mass is 9.91. The van der Waals surface area contributed by atoms with E-state index in [-0.39, 0.29) is 0 Å². The van der Waals surface area contributed by atoms with Gasteiger partial charge in [-0.3, -0.25) is 9.00 Å². The molecular weight excluding hydrogens is 272 g/mol. The first-order chi connectivity index (χ1) is 8.58. The largest absolute Gasteiger partial charge is 0.481 e. The van der Waals surface area contributed by atoms with Crippen LogP contribution in [0.1, 0.15) is 29.3 Å². The molecule has 2 N–H and O–H groups in total. The Hall–Kier alpha value is -0.950. The van der Waals surface area contributed by atoms with Gasteiger partial charge in [-0.15, -0.1) is 11.3 Å². The Bertz CT molecular complexity index is 473. The second-order valence-electron chi connectivity index (χ2n) is 4.31. The smallest absolute Gasteiger partial charge is 0.312 e. The molecule has 0 bridgehead atoms. The number of rotatable bonds is 5. The zero-order valence-corrected chi connectivity index (χ0v) is 11.8. The Kier molecular flexibility index (Phi) is 4.34. The van der Waals surface area contributed by atoms with Crippen molar-refractivity contribution in [1.29, 1.82) is 0 Å². The predicted octanol–water partition coefficient (Wildman–Crippen LogP) is 1.44. The SMILES string of the molecule is CS(=O)CCNc1nc2c(s1)CCCC2C(=O)O. The van der Waals surface area contributed by atoms with Crippen LogP contribution in [0.5, 0.6) is 0 Å². The van der Waals surface area contributed by atoms with Gasteiger partial charge >= 0.3 is 5.97 Å². The molecule has 1 aliphatic carbocycles. The highest BCUT2D eigenvalue weighted by Crippen LogP contribution is 2.36. The minimum absolute atomic E-state index is 0.458. The lowest BCUT2D eigenvalue weighted by Crippen LogP contribution is -2.17. The highest BCUT2D eigenvalue weighted by molar-refractivity contribution is 7.84. The highest BCUT2D eigenvalue weighted by Gasteiger charge is 2.29. The van der Waals surface area contributed by atoms with Crippen LogP contribution in [0.25, 0.3) is 0 Å². The molecule has 2 unspecified atom stereocenters. The number of hydrogen-bond donors (Lipinski definition) is 2. The third-order valence-corrected chi connectivity index (χ3v) is 4.79. The third-order valence-electron chi connectivity index (χ3n) is 2.92. The molecular formula is C11H16N2O3S2. The number of carboxylic acids is 1. The van der Waals surface area contributed by atoms with E-state index in [1.807, 2.05) is 0 Å². The molecule has 0 spiro atoms. The number of aromatic nitrogens is 1. The van der Waals surface area contributed by atoms with Crippen molar-refractivity contribution in [2.45, 2.75) is 25.2 Å². The van der Waals surface area contributed by atoms with E-state index < -0.39 is 22.7 Å². The average Bonchev–Trinajstić information content (AvgIpc) is 2.70. The van der Waals surface area contributed by atoms with Gasteiger partial charge in [0.2, 0.25) is 0 Å². The second-order valence-corrected chi connectivity index (χ2v) is 6.95. The Morgan fingerprint density at radius 2 is 2.44 bits per heavy atom. The Morgan fingerprint density at radius 3 is 3.11 bits per heavy atom. The van der Waals surface area contributed by atoms with Crippen molar-refractivity contribution in [3.05, 3.63) is 10.6 Å². The number of nitrogens with one attached hydrogen (secondary N) is 1. The summed E-state index contributed by atoms with van der Waals surface area (Å²) in [6.45, 7) is 0.604. The van der Waals surface area contributed by atoms with Gasteiger partial charge in [0.1, 0.15) is 5.92 Å². The fourth-order valence-corrected chi connectivity index (χ4v) is 3.52. The molecule has 1 aromatic heterocycles. The van der Waals surface area contributed by atoms with Crippen LogP contribution in [0.4, 0.5) is 5.13 Å². The summed E-state index contributed by atoms with van der Waals surface area (Å²) in [7, 11) is -0.823. The molecule has 0 radical (unpaired) electrons. The fourth-order valence-electron chi connectivity index (χ4n) is 2.04. The number of aliphatic carboxylic acids is 1. The standard InChI is InChI=1S/C11H16N2O3S2/c1-18(16)6-5-12-11-13-9-7(10(14)15)3-2-4-8(9)17-11/h7H,2-6H2,1H3,(H,12,13)(H,14,15). The van der Waals surface area contributed by atoms with Crippen molar-refractivity contribution in [3.8, 4) is 0 Å². The van der Waals surface area contributed by atoms with Crippen LogP contribution in [-0.2, 0) is 22.0 Å². The number of hydrogen-bond acceptors (Lipinski definition) is 5. The number of fused-ring (bicyclic) bond motifs is 1. The Morgan fingerprint density at radius 1 is 1.67 bits per heavy atom. The minimum Gasteiger partial charge on any atom is -0.481 e. The molecule has 18 heavy (non-hydrogen) atoms. The molecule has 2 rings (SSSR count). The van der Waals surface area contributed by atoms with Crippen LogP contribution >= 0.6 is 11.3 Å². The van der Waals surface area contributed by atoms with Gasteiger partial charge < -0.3 is 10.4 Å². The maximum absolute atomic E-state index is 11.1. The van der Waals surface area contributed by atoms with E-state index in [0.717, 1.165) is 28.5 Å². The van der Waals surface area contributed by atoms with Crippen molar-refractivity contribution in [3.63, 3.8) is 0 Å².